The van der Waals surface area contributed by atoms with Gasteiger partial charge in [0.2, 0.25) is 0 Å². The van der Waals surface area contributed by atoms with E-state index in [9.17, 15) is 9.90 Å². The molecule has 23 heavy (non-hydrogen) atoms. The van der Waals surface area contributed by atoms with Crippen molar-refractivity contribution in [2.75, 3.05) is 6.61 Å². The average Bonchev–Trinajstić information content (AvgIpc) is 2.99. The Morgan fingerprint density at radius 3 is 2.74 bits per heavy atom. The van der Waals surface area contributed by atoms with E-state index in [4.69, 9.17) is 18.9 Å². The van der Waals surface area contributed by atoms with E-state index in [2.05, 4.69) is 5.32 Å². The number of carbonyl (C=O) groups excluding carboxylic acids is 1. The van der Waals surface area contributed by atoms with Crippen LogP contribution in [0.15, 0.2) is 30.3 Å². The molecule has 2 saturated heterocycles. The van der Waals surface area contributed by atoms with Gasteiger partial charge in [0.15, 0.2) is 12.1 Å². The lowest BCUT2D eigenvalue weighted by atomic mass is 10.1. The van der Waals surface area contributed by atoms with Gasteiger partial charge in [-0.3, -0.25) is 0 Å². The number of hydrogen-bond acceptors (Lipinski definition) is 6. The van der Waals surface area contributed by atoms with Gasteiger partial charge in [-0.1, -0.05) is 30.3 Å². The molecule has 0 radical (unpaired) electrons. The minimum atomic E-state index is -0.788. The Morgan fingerprint density at radius 2 is 2.04 bits per heavy atom. The van der Waals surface area contributed by atoms with E-state index in [1.165, 1.54) is 0 Å². The van der Waals surface area contributed by atoms with Crippen LogP contribution < -0.4 is 5.32 Å². The minimum absolute atomic E-state index is 0.168. The van der Waals surface area contributed by atoms with Crippen LogP contribution in [0.2, 0.25) is 0 Å². The molecule has 126 valence electrons. The highest BCUT2D eigenvalue weighted by molar-refractivity contribution is 5.68. The molecule has 7 nitrogen and oxygen atoms in total. The Kier molecular flexibility index (Phi) is 4.54. The van der Waals surface area contributed by atoms with Crippen molar-refractivity contribution in [1.29, 1.82) is 0 Å². The van der Waals surface area contributed by atoms with Crippen LogP contribution >= 0.6 is 0 Å². The van der Waals surface area contributed by atoms with Gasteiger partial charge in [0, 0.05) is 0 Å². The minimum Gasteiger partial charge on any atom is -0.445 e. The summed E-state index contributed by atoms with van der Waals surface area (Å²) in [6, 6.07) is 8.85. The molecular weight excluding hydrogens is 302 g/mol. The third kappa shape index (κ3) is 3.64. The van der Waals surface area contributed by atoms with Gasteiger partial charge in [-0.15, -0.1) is 0 Å². The monoisotopic (exact) mass is 323 g/mol. The van der Waals surface area contributed by atoms with Crippen molar-refractivity contribution in [2.45, 2.75) is 50.8 Å². The van der Waals surface area contributed by atoms with Crippen LogP contribution in [0, 0.1) is 0 Å². The first-order valence-electron chi connectivity index (χ1n) is 7.58. The Bertz CT molecular complexity index is 549. The summed E-state index contributed by atoms with van der Waals surface area (Å²) in [5, 5.41) is 12.1. The number of ether oxygens (including phenoxy) is 4. The zero-order valence-corrected chi connectivity index (χ0v) is 13.1. The van der Waals surface area contributed by atoms with Gasteiger partial charge in [0.05, 0.1) is 12.6 Å². The van der Waals surface area contributed by atoms with Crippen LogP contribution in [0.4, 0.5) is 4.79 Å². The lowest BCUT2D eigenvalue weighted by molar-refractivity contribution is -0.210. The van der Waals surface area contributed by atoms with Crippen LogP contribution in [-0.4, -0.2) is 48.1 Å². The molecule has 1 aromatic carbocycles. The largest absolute Gasteiger partial charge is 0.445 e. The molecule has 0 bridgehead atoms. The van der Waals surface area contributed by atoms with E-state index in [1.54, 1.807) is 13.8 Å². The number of aliphatic hydroxyl groups is 1. The number of nitrogens with one attached hydrogen (secondary N) is 1. The fraction of sp³-hybridized carbons (Fsp3) is 0.562. The Labute approximate surface area is 134 Å². The van der Waals surface area contributed by atoms with Crippen molar-refractivity contribution < 1.29 is 28.8 Å². The summed E-state index contributed by atoms with van der Waals surface area (Å²) in [7, 11) is 0. The van der Waals surface area contributed by atoms with Crippen molar-refractivity contribution in [2.24, 2.45) is 0 Å². The van der Waals surface area contributed by atoms with Crippen molar-refractivity contribution in [3.05, 3.63) is 35.9 Å². The molecule has 0 spiro atoms. The van der Waals surface area contributed by atoms with E-state index in [-0.39, 0.29) is 13.2 Å². The lowest BCUT2D eigenvalue weighted by Gasteiger charge is -2.25. The quantitative estimate of drug-likeness (QED) is 0.864. The van der Waals surface area contributed by atoms with Gasteiger partial charge >= 0.3 is 6.09 Å². The second-order valence-electron chi connectivity index (χ2n) is 6.06. The number of amides is 1. The van der Waals surface area contributed by atoms with Gasteiger partial charge in [-0.05, 0) is 19.4 Å². The summed E-state index contributed by atoms with van der Waals surface area (Å²) < 4.78 is 22.1. The van der Waals surface area contributed by atoms with E-state index >= 15 is 0 Å². The second kappa shape index (κ2) is 6.45. The van der Waals surface area contributed by atoms with Gasteiger partial charge in [-0.25, -0.2) is 4.79 Å². The summed E-state index contributed by atoms with van der Waals surface area (Å²) in [5.41, 5.74) is 0.892. The molecule has 2 aliphatic heterocycles. The number of alkyl carbamates (subject to hydrolysis) is 1. The summed E-state index contributed by atoms with van der Waals surface area (Å²) in [6.45, 7) is 3.46. The van der Waals surface area contributed by atoms with E-state index in [0.717, 1.165) is 5.56 Å². The van der Waals surface area contributed by atoms with Crippen molar-refractivity contribution >= 4 is 6.09 Å². The molecule has 2 heterocycles. The number of hydrogen-bond donors (Lipinski definition) is 2. The highest BCUT2D eigenvalue weighted by Gasteiger charge is 2.55. The number of fused-ring (bicyclic) bond motifs is 1. The fourth-order valence-corrected chi connectivity index (χ4v) is 2.81. The predicted molar refractivity (Wildman–Crippen MR) is 79.3 cm³/mol. The molecule has 0 unspecified atom stereocenters. The molecule has 0 saturated carbocycles. The summed E-state index contributed by atoms with van der Waals surface area (Å²) in [6.07, 6.45) is -2.27. The van der Waals surface area contributed by atoms with Gasteiger partial charge in [-0.2, -0.15) is 0 Å². The summed E-state index contributed by atoms with van der Waals surface area (Å²) in [5.74, 6) is -0.788. The Hall–Kier alpha value is -1.67. The lowest BCUT2D eigenvalue weighted by Crippen LogP contribution is -2.49. The van der Waals surface area contributed by atoms with Crippen LogP contribution in [0.5, 0.6) is 0 Å². The maximum absolute atomic E-state index is 12.0. The molecule has 7 heteroatoms. The van der Waals surface area contributed by atoms with Crippen molar-refractivity contribution in [3.63, 3.8) is 0 Å². The fourth-order valence-electron chi connectivity index (χ4n) is 2.81. The standard InChI is InChI=1S/C16H21NO6/c1-16(2)22-13-12(11(8-18)21-14(13)23-16)17-15(19)20-9-10-6-4-3-5-7-10/h3-7,11-14,18H,8-9H2,1-2H3,(H,17,19)/t11-,12-,13-,14-/m1/s1. The first-order chi connectivity index (χ1) is 11.0. The average molecular weight is 323 g/mol. The maximum Gasteiger partial charge on any atom is 0.407 e. The number of aliphatic hydroxyl groups excluding tert-OH is 1. The third-order valence-corrected chi connectivity index (χ3v) is 3.83. The van der Waals surface area contributed by atoms with E-state index in [0.29, 0.717) is 0 Å². The summed E-state index contributed by atoms with van der Waals surface area (Å²) in [4.78, 5) is 12.0. The number of benzene rings is 1. The SMILES string of the molecule is CC1(C)O[C@H]2O[C@H](CO)[C@@H](NC(=O)OCc3ccccc3)[C@H]2O1. The second-order valence-corrected chi connectivity index (χ2v) is 6.06. The third-order valence-electron chi connectivity index (χ3n) is 3.83. The molecule has 3 rings (SSSR count). The van der Waals surface area contributed by atoms with E-state index in [1.807, 2.05) is 30.3 Å². The van der Waals surface area contributed by atoms with Gasteiger partial charge in [0.25, 0.3) is 0 Å². The van der Waals surface area contributed by atoms with Crippen LogP contribution in [0.1, 0.15) is 19.4 Å². The maximum atomic E-state index is 12.0. The molecule has 1 amide bonds. The summed E-state index contributed by atoms with van der Waals surface area (Å²) >= 11 is 0. The smallest absolute Gasteiger partial charge is 0.407 e. The van der Waals surface area contributed by atoms with Crippen LogP contribution in [0.25, 0.3) is 0 Å². The first-order valence-corrected chi connectivity index (χ1v) is 7.58. The van der Waals surface area contributed by atoms with Crippen molar-refractivity contribution in [3.8, 4) is 0 Å². The molecule has 0 aromatic heterocycles. The molecule has 2 N–H and O–H groups in total. The topological polar surface area (TPSA) is 86.2 Å². The molecule has 4 atom stereocenters. The highest BCUT2D eigenvalue weighted by atomic mass is 16.8. The molecule has 1 aromatic rings. The van der Waals surface area contributed by atoms with Crippen molar-refractivity contribution in [1.82, 2.24) is 5.32 Å². The number of rotatable bonds is 4. The first kappa shape index (κ1) is 16.2. The molecular formula is C16H21NO6. The van der Waals surface area contributed by atoms with Crippen LogP contribution in [0.3, 0.4) is 0 Å². The Morgan fingerprint density at radius 1 is 1.30 bits per heavy atom. The highest BCUT2D eigenvalue weighted by Crippen LogP contribution is 2.37. The molecule has 2 fully saturated rings. The van der Waals surface area contributed by atoms with E-state index < -0.39 is 36.4 Å². The normalized spacial score (nSPS) is 31.6. The number of carbonyl (C=O) groups is 1. The van der Waals surface area contributed by atoms with Crippen LogP contribution in [-0.2, 0) is 25.6 Å². The zero-order valence-electron chi connectivity index (χ0n) is 13.1. The molecule has 2 aliphatic rings. The predicted octanol–water partition coefficient (Wildman–Crippen LogP) is 1.15. The molecule has 0 aliphatic carbocycles. The van der Waals surface area contributed by atoms with Gasteiger partial charge < -0.3 is 29.4 Å². The Balaban J connectivity index is 1.58. The zero-order chi connectivity index (χ0) is 16.4. The van der Waals surface area contributed by atoms with Gasteiger partial charge in [0.1, 0.15) is 18.8 Å².